The number of nitro groups is 1. The number of carbonyl (C=O) groups excluding carboxylic acids is 8. The predicted molar refractivity (Wildman–Crippen MR) is 227 cm³/mol. The Labute approximate surface area is 382 Å². The molecule has 67 heavy (non-hydrogen) atoms. The molecule has 2 unspecified atom stereocenters. The Morgan fingerprint density at radius 2 is 1.55 bits per heavy atom. The molecule has 4 heterocycles. The second-order valence-electron chi connectivity index (χ2n) is 16.5. The molecule has 3 aliphatic rings. The standard InChI is InChI=1S/C39H52N10O17S/c1-4-15(2)31-36(61)41-10-28(54)42-23-14-67(66)38-19(18-7-24(49(64)65)26(52)8-20(18)45-38)6-21(33(58)40-11-29(55)46-31)43-37(62)32(16(3)27(53)13-50)47-35(60)25-5-17(51)12-48(25)39(63)22(9-30(56)57)44-34(23)59/h7-8,15-17,21-23,25,27,31-32,45,50-53H,4-6,9-14H2,1-3H3,(H,40,58)(H,41,61)(H,42,54)(H,43,62)(H,44,59)(H,46,55)(H,47,60)(H,56,57)/t15-,16?,17+,21-,22-,23-,25-,27-,31-,32-,67?/m0/s1. The number of aliphatic carboxylic acids is 1. The highest BCUT2D eigenvalue weighted by molar-refractivity contribution is 7.85. The quantitative estimate of drug-likeness (QED) is 0.0867. The van der Waals surface area contributed by atoms with Crippen LogP contribution < -0.4 is 37.2 Å². The molecule has 13 N–H and O–H groups in total. The number of aromatic nitrogens is 1. The van der Waals surface area contributed by atoms with Gasteiger partial charge in [-0.3, -0.25) is 57.5 Å². The van der Waals surface area contributed by atoms with Crippen molar-refractivity contribution in [2.24, 2.45) is 11.8 Å². The highest BCUT2D eigenvalue weighted by Gasteiger charge is 2.45. The SMILES string of the molecule is CC[C@H](C)[C@@H]1NC(=O)CNC(=O)[C@@H]2Cc3c([nH]c4cc(O)c([N+](=O)[O-])cc34)S(=O)C[C@H](NC(=O)CNC1=O)C(=O)N[C@@H](CC(=O)O)C(=O)N1C[C@H](O)C[C@H]1C(=O)N[C@@H](C(C)[C@@H](O)CO)C(=O)N2. The first kappa shape index (κ1) is 51.2. The van der Waals surface area contributed by atoms with E-state index in [1.165, 1.54) is 6.92 Å². The lowest BCUT2D eigenvalue weighted by atomic mass is 9.93. The van der Waals surface area contributed by atoms with Gasteiger partial charge in [-0.2, -0.15) is 0 Å². The fraction of sp³-hybridized carbons (Fsp3) is 0.564. The van der Waals surface area contributed by atoms with E-state index in [-0.39, 0.29) is 16.5 Å². The van der Waals surface area contributed by atoms with E-state index in [0.29, 0.717) is 6.42 Å². The van der Waals surface area contributed by atoms with E-state index in [2.05, 4.69) is 42.2 Å². The summed E-state index contributed by atoms with van der Waals surface area (Å²) in [6.07, 6.45) is -5.23. The smallest absolute Gasteiger partial charge is 0.311 e. The first-order valence-electron chi connectivity index (χ1n) is 21.0. The Kier molecular flexibility index (Phi) is 16.6. The van der Waals surface area contributed by atoms with Crippen molar-refractivity contribution in [2.45, 2.75) is 99.9 Å². The number of aromatic hydroxyl groups is 1. The number of nitrogens with one attached hydrogen (secondary N) is 8. The molecule has 1 aromatic carbocycles. The van der Waals surface area contributed by atoms with Crippen LogP contribution in [0.2, 0.25) is 0 Å². The van der Waals surface area contributed by atoms with Gasteiger partial charge in [0, 0.05) is 42.8 Å². The number of benzene rings is 1. The molecule has 11 atom stereocenters. The summed E-state index contributed by atoms with van der Waals surface area (Å²) < 4.78 is 14.6. The number of rotatable bonds is 8. The van der Waals surface area contributed by atoms with E-state index in [1.54, 1.807) is 13.8 Å². The lowest BCUT2D eigenvalue weighted by molar-refractivity contribution is -0.385. The fourth-order valence-electron chi connectivity index (χ4n) is 7.85. The van der Waals surface area contributed by atoms with Crippen LogP contribution in [0.5, 0.6) is 5.75 Å². The third kappa shape index (κ3) is 12.0. The monoisotopic (exact) mass is 964 g/mol. The van der Waals surface area contributed by atoms with Crippen LogP contribution in [0.3, 0.4) is 0 Å². The van der Waals surface area contributed by atoms with Crippen molar-refractivity contribution < 1.29 is 77.8 Å². The van der Waals surface area contributed by atoms with Crippen molar-refractivity contribution in [3.8, 4) is 5.75 Å². The van der Waals surface area contributed by atoms with Gasteiger partial charge in [-0.1, -0.05) is 27.2 Å². The maximum absolute atomic E-state index is 14.6. The summed E-state index contributed by atoms with van der Waals surface area (Å²) >= 11 is 0. The Hall–Kier alpha value is -6.78. The van der Waals surface area contributed by atoms with Crippen LogP contribution in [-0.4, -0.2) is 178 Å². The zero-order chi connectivity index (χ0) is 49.6. The molecule has 2 aromatic rings. The summed E-state index contributed by atoms with van der Waals surface area (Å²) in [6, 6.07) is -9.03. The van der Waals surface area contributed by atoms with E-state index in [9.17, 15) is 83.0 Å². The van der Waals surface area contributed by atoms with Gasteiger partial charge in [0.1, 0.15) is 41.3 Å². The van der Waals surface area contributed by atoms with E-state index in [1.807, 2.05) is 0 Å². The number of phenolic OH excluding ortho intramolecular Hbond substituents is 1. The van der Waals surface area contributed by atoms with E-state index in [4.69, 9.17) is 0 Å². The summed E-state index contributed by atoms with van der Waals surface area (Å²) in [4.78, 5) is 138. The molecule has 0 aliphatic carbocycles. The maximum atomic E-state index is 14.6. The second kappa shape index (κ2) is 21.7. The van der Waals surface area contributed by atoms with Crippen LogP contribution in [0.1, 0.15) is 45.6 Å². The Morgan fingerprint density at radius 3 is 2.18 bits per heavy atom. The Bertz CT molecular complexity index is 2360. The first-order valence-corrected chi connectivity index (χ1v) is 22.3. The van der Waals surface area contributed by atoms with Crippen LogP contribution in [-0.2, 0) is 60.4 Å². The third-order valence-electron chi connectivity index (χ3n) is 11.8. The summed E-state index contributed by atoms with van der Waals surface area (Å²) in [5, 5.41) is 79.5. The molecule has 3 aliphatic heterocycles. The summed E-state index contributed by atoms with van der Waals surface area (Å²) in [7, 11) is -2.59. The molecule has 2 bridgehead atoms. The van der Waals surface area contributed by atoms with Crippen LogP contribution in [0.4, 0.5) is 5.69 Å². The van der Waals surface area contributed by atoms with Crippen molar-refractivity contribution in [1.29, 1.82) is 0 Å². The first-order chi connectivity index (χ1) is 31.5. The molecule has 8 amide bonds. The fourth-order valence-corrected chi connectivity index (χ4v) is 9.25. The lowest BCUT2D eigenvalue weighted by Crippen LogP contribution is -2.62. The van der Waals surface area contributed by atoms with E-state index >= 15 is 0 Å². The number of phenols is 1. The number of carboxylic acid groups (broad SMARTS) is 1. The van der Waals surface area contributed by atoms with E-state index < -0.39 is 197 Å². The van der Waals surface area contributed by atoms with Crippen molar-refractivity contribution in [3.05, 3.63) is 27.8 Å². The van der Waals surface area contributed by atoms with Crippen molar-refractivity contribution >= 4 is 80.6 Å². The number of H-pyrrole nitrogens is 1. The third-order valence-corrected chi connectivity index (χ3v) is 13.3. The molecular formula is C39H52N10O17S. The molecule has 0 spiro atoms. The van der Waals surface area contributed by atoms with Gasteiger partial charge in [-0.15, -0.1) is 0 Å². The minimum Gasteiger partial charge on any atom is -0.502 e. The number of aliphatic hydroxyl groups is 3. The number of carboxylic acids is 1. The topological polar surface area (TPSA) is 418 Å². The predicted octanol–water partition coefficient (Wildman–Crippen LogP) is -5.41. The van der Waals surface area contributed by atoms with Gasteiger partial charge in [0.15, 0.2) is 5.75 Å². The molecule has 1 fully saturated rings. The van der Waals surface area contributed by atoms with E-state index in [0.717, 1.165) is 17.0 Å². The Balaban J connectivity index is 1.78. The molecule has 0 radical (unpaired) electrons. The normalized spacial score (nSPS) is 27.7. The summed E-state index contributed by atoms with van der Waals surface area (Å²) in [5.41, 5.74) is -1.23. The molecule has 1 aromatic heterocycles. The van der Waals surface area contributed by atoms with Crippen molar-refractivity contribution in [2.75, 3.05) is 32.0 Å². The van der Waals surface area contributed by atoms with Crippen molar-refractivity contribution in [1.82, 2.24) is 47.1 Å². The summed E-state index contributed by atoms with van der Waals surface area (Å²) in [5.74, 6) is -14.4. The van der Waals surface area contributed by atoms with Crippen LogP contribution in [0, 0.1) is 22.0 Å². The van der Waals surface area contributed by atoms with Gasteiger partial charge in [0.25, 0.3) is 0 Å². The molecule has 27 nitrogen and oxygen atoms in total. The molecular weight excluding hydrogens is 913 g/mol. The molecule has 28 heteroatoms. The highest BCUT2D eigenvalue weighted by Crippen LogP contribution is 2.36. The zero-order valence-electron chi connectivity index (χ0n) is 36.2. The number of hydrogen-bond acceptors (Lipinski definition) is 16. The minimum absolute atomic E-state index is 0.133. The lowest BCUT2D eigenvalue weighted by Gasteiger charge is -2.32. The summed E-state index contributed by atoms with van der Waals surface area (Å²) in [6.45, 7) is 1.26. The zero-order valence-corrected chi connectivity index (χ0v) is 37.0. The average molecular weight is 965 g/mol. The van der Waals surface area contributed by atoms with Gasteiger partial charge < -0.3 is 72.6 Å². The number of nitrogens with zero attached hydrogens (tertiary/aromatic N) is 2. The number of hydrogen-bond donors (Lipinski definition) is 13. The number of carbonyl (C=O) groups is 9. The second-order valence-corrected chi connectivity index (χ2v) is 17.9. The highest BCUT2D eigenvalue weighted by atomic mass is 32.2. The molecule has 5 rings (SSSR count). The van der Waals surface area contributed by atoms with Gasteiger partial charge in [-0.25, -0.2) is 0 Å². The largest absolute Gasteiger partial charge is 0.502 e. The van der Waals surface area contributed by atoms with Gasteiger partial charge in [0.05, 0.1) is 65.3 Å². The number of aromatic amines is 1. The molecule has 366 valence electrons. The maximum Gasteiger partial charge on any atom is 0.311 e. The number of fused-ring (bicyclic) bond motifs is 5. The number of nitro benzene ring substituents is 1. The van der Waals surface area contributed by atoms with Gasteiger partial charge in [-0.05, 0) is 11.5 Å². The molecule has 1 saturated heterocycles. The number of amides is 8. The Morgan fingerprint density at radius 1 is 0.896 bits per heavy atom. The van der Waals surface area contributed by atoms with Crippen LogP contribution in [0.15, 0.2) is 17.2 Å². The average Bonchev–Trinajstić information content (AvgIpc) is 3.84. The molecule has 0 saturated carbocycles. The number of aliphatic hydroxyl groups excluding tert-OH is 3. The van der Waals surface area contributed by atoms with Crippen molar-refractivity contribution in [3.63, 3.8) is 0 Å². The van der Waals surface area contributed by atoms with Gasteiger partial charge >= 0.3 is 11.7 Å². The van der Waals surface area contributed by atoms with Crippen LogP contribution in [0.25, 0.3) is 10.9 Å². The van der Waals surface area contributed by atoms with Gasteiger partial charge in [0.2, 0.25) is 47.3 Å². The minimum atomic E-state index is -2.59. The van der Waals surface area contributed by atoms with Crippen LogP contribution >= 0.6 is 0 Å².